The summed E-state index contributed by atoms with van der Waals surface area (Å²) in [6.07, 6.45) is 5.47. The maximum Gasteiger partial charge on any atom is 0.165 e. The van der Waals surface area contributed by atoms with Gasteiger partial charge in [-0.05, 0) is 0 Å². The molecule has 0 spiro atoms. The maximum atomic E-state index is 4.18. The zero-order valence-corrected chi connectivity index (χ0v) is 6.78. The monoisotopic (exact) mass is 173 g/mol. The van der Waals surface area contributed by atoms with E-state index in [1.54, 1.807) is 6.33 Å². The summed E-state index contributed by atoms with van der Waals surface area (Å²) in [7, 11) is 0. The van der Waals surface area contributed by atoms with E-state index in [-0.39, 0.29) is 0 Å². The van der Waals surface area contributed by atoms with Crippen LogP contribution in [0.15, 0.2) is 17.6 Å². The Morgan fingerprint density at radius 2 is 2.31 bits per heavy atom. The van der Waals surface area contributed by atoms with Gasteiger partial charge in [0.05, 0.1) is 18.1 Å². The number of hydrogen-bond acceptors (Lipinski definition) is 4. The summed E-state index contributed by atoms with van der Waals surface area (Å²) in [5.74, 6) is 0. The zero-order valence-electron chi connectivity index (χ0n) is 6.78. The van der Waals surface area contributed by atoms with Gasteiger partial charge in [-0.1, -0.05) is 6.08 Å². The molecule has 0 aliphatic carbocycles. The number of aromatic amines is 1. The van der Waals surface area contributed by atoms with E-state index in [2.05, 4.69) is 25.5 Å². The first-order chi connectivity index (χ1) is 6.45. The Morgan fingerprint density at radius 3 is 3.31 bits per heavy atom. The highest BCUT2D eigenvalue weighted by atomic mass is 15.3. The molecule has 0 fully saturated rings. The van der Waals surface area contributed by atoms with Crippen LogP contribution in [0.4, 0.5) is 0 Å². The number of hydrogen-bond donors (Lipinski definition) is 2. The minimum atomic E-state index is 0.726. The van der Waals surface area contributed by atoms with Crippen LogP contribution in [0.25, 0.3) is 6.08 Å². The third-order valence-corrected chi connectivity index (χ3v) is 2.07. The van der Waals surface area contributed by atoms with E-state index in [9.17, 15) is 0 Å². The van der Waals surface area contributed by atoms with Gasteiger partial charge in [0.1, 0.15) is 0 Å². The van der Waals surface area contributed by atoms with Crippen LogP contribution in [-0.4, -0.2) is 21.5 Å². The lowest BCUT2D eigenvalue weighted by atomic mass is 10.3. The highest BCUT2D eigenvalue weighted by molar-refractivity contribution is 5.25. The van der Waals surface area contributed by atoms with Gasteiger partial charge in [-0.3, -0.25) is 0 Å². The molecule has 13 heavy (non-hydrogen) atoms. The summed E-state index contributed by atoms with van der Waals surface area (Å²) >= 11 is 0. The summed E-state index contributed by atoms with van der Waals surface area (Å²) in [5, 5.41) is 6.24. The summed E-state index contributed by atoms with van der Waals surface area (Å²) in [4.78, 5) is 11.3. The van der Waals surface area contributed by atoms with Crippen molar-refractivity contribution in [3.8, 4) is 0 Å². The Morgan fingerprint density at radius 1 is 1.31 bits per heavy atom. The van der Waals surface area contributed by atoms with Gasteiger partial charge in [0.25, 0.3) is 0 Å². The van der Waals surface area contributed by atoms with Crippen LogP contribution in [0.3, 0.4) is 0 Å². The van der Waals surface area contributed by atoms with Crippen molar-refractivity contribution in [3.63, 3.8) is 0 Å². The Balaban J connectivity index is 2.78. The topological polar surface area (TPSA) is 66.0 Å². The Labute approximate surface area is 72.9 Å². The quantitative estimate of drug-likeness (QED) is 0.506. The molecule has 0 amide bonds. The van der Waals surface area contributed by atoms with Gasteiger partial charge in [-0.2, -0.15) is 5.10 Å². The fourth-order valence-corrected chi connectivity index (χ4v) is 1.48. The lowest BCUT2D eigenvalue weighted by molar-refractivity contribution is 0.789. The summed E-state index contributed by atoms with van der Waals surface area (Å²) in [5.41, 5.74) is 4.46. The maximum absolute atomic E-state index is 4.18. The van der Waals surface area contributed by atoms with Crippen molar-refractivity contribution in [2.24, 2.45) is 5.10 Å². The minimum Gasteiger partial charge on any atom is -0.329 e. The molecule has 0 aromatic rings. The van der Waals surface area contributed by atoms with Crippen molar-refractivity contribution in [1.29, 1.82) is 0 Å². The van der Waals surface area contributed by atoms with E-state index in [0.29, 0.717) is 0 Å². The molecule has 3 rings (SSSR count). The number of rotatable bonds is 0. The zero-order chi connectivity index (χ0) is 8.67. The smallest absolute Gasteiger partial charge is 0.165 e. The largest absolute Gasteiger partial charge is 0.329 e. The van der Waals surface area contributed by atoms with E-state index in [0.717, 1.165) is 27.9 Å². The lowest BCUT2D eigenvalue weighted by Crippen LogP contribution is -2.18. The summed E-state index contributed by atoms with van der Waals surface area (Å²) in [6, 6.07) is 0. The van der Waals surface area contributed by atoms with Gasteiger partial charge in [0, 0.05) is 11.4 Å². The highest BCUT2D eigenvalue weighted by Gasteiger charge is 1.99. The van der Waals surface area contributed by atoms with Crippen LogP contribution in [-0.2, 0) is 0 Å². The Bertz CT molecular complexity index is 611. The predicted octanol–water partition coefficient (Wildman–Crippen LogP) is -1.55. The first-order valence-corrected chi connectivity index (χ1v) is 4.04. The second-order valence-electron chi connectivity index (χ2n) is 2.84. The van der Waals surface area contributed by atoms with E-state index in [4.69, 9.17) is 0 Å². The molecule has 2 N–H and O–H groups in total. The van der Waals surface area contributed by atoms with Gasteiger partial charge in [0.2, 0.25) is 0 Å². The summed E-state index contributed by atoms with van der Waals surface area (Å²) in [6.45, 7) is 0.726. The van der Waals surface area contributed by atoms with Crippen molar-refractivity contribution < 1.29 is 0 Å². The Kier molecular flexibility index (Phi) is 1.16. The third kappa shape index (κ3) is 0.837. The van der Waals surface area contributed by atoms with Gasteiger partial charge in [-0.25, -0.2) is 9.97 Å². The molecule has 0 aromatic heterocycles. The molecule has 3 aliphatic rings. The third-order valence-electron chi connectivity index (χ3n) is 2.07. The molecule has 0 aromatic carbocycles. The number of nitrogens with zero attached hydrogens (tertiary/aromatic N) is 3. The Hall–Kier alpha value is -1.91. The molecule has 3 heterocycles. The van der Waals surface area contributed by atoms with Crippen LogP contribution in [0.2, 0.25) is 0 Å². The lowest BCUT2D eigenvalue weighted by Gasteiger charge is -1.89. The molecular formula is C8H7N5. The van der Waals surface area contributed by atoms with Crippen molar-refractivity contribution in [2.45, 2.75) is 0 Å². The SMILES string of the molecule is C1=c2cnc3nc[nH]c(c2=3)=NNC1. The molecule has 0 saturated heterocycles. The minimum absolute atomic E-state index is 0.726. The predicted molar refractivity (Wildman–Crippen MR) is 44.9 cm³/mol. The van der Waals surface area contributed by atoms with Crippen molar-refractivity contribution in [3.05, 3.63) is 33.9 Å². The molecule has 0 radical (unpaired) electrons. The van der Waals surface area contributed by atoms with Crippen molar-refractivity contribution in [2.75, 3.05) is 6.54 Å². The first kappa shape index (κ1) is 6.59. The second kappa shape index (κ2) is 2.29. The van der Waals surface area contributed by atoms with Crippen LogP contribution in [0.5, 0.6) is 0 Å². The van der Waals surface area contributed by atoms with E-state index < -0.39 is 0 Å². The molecule has 0 unspecified atom stereocenters. The van der Waals surface area contributed by atoms with Gasteiger partial charge in [-0.15, -0.1) is 0 Å². The van der Waals surface area contributed by atoms with Crippen molar-refractivity contribution in [1.82, 2.24) is 20.4 Å². The molecule has 5 heteroatoms. The van der Waals surface area contributed by atoms with Crippen molar-refractivity contribution >= 4 is 6.08 Å². The van der Waals surface area contributed by atoms with Crippen LogP contribution < -0.4 is 16.1 Å². The molecule has 0 atom stereocenters. The molecule has 5 nitrogen and oxygen atoms in total. The van der Waals surface area contributed by atoms with Crippen LogP contribution >= 0.6 is 0 Å². The number of H-pyrrole nitrogens is 1. The average Bonchev–Trinajstić information content (AvgIpc) is 2.44. The second-order valence-corrected chi connectivity index (χ2v) is 2.84. The fraction of sp³-hybridized carbons (Fsp3) is 0.125. The number of nitrogens with one attached hydrogen (secondary N) is 2. The highest BCUT2D eigenvalue weighted by Crippen LogP contribution is 1.81. The molecule has 3 aliphatic heterocycles. The molecule has 64 valence electrons. The first-order valence-electron chi connectivity index (χ1n) is 4.04. The van der Waals surface area contributed by atoms with E-state index >= 15 is 0 Å². The van der Waals surface area contributed by atoms with Gasteiger partial charge < -0.3 is 10.4 Å². The molecule has 0 bridgehead atoms. The normalized spacial score (nSPS) is 14.2. The molecule has 0 saturated carbocycles. The summed E-state index contributed by atoms with van der Waals surface area (Å²) < 4.78 is 0. The molecular weight excluding hydrogens is 166 g/mol. The van der Waals surface area contributed by atoms with E-state index in [1.807, 2.05) is 12.3 Å². The average molecular weight is 173 g/mol. The van der Waals surface area contributed by atoms with Gasteiger partial charge >= 0.3 is 0 Å². The van der Waals surface area contributed by atoms with Crippen LogP contribution in [0, 0.1) is 10.7 Å². The number of aromatic nitrogens is 3. The van der Waals surface area contributed by atoms with Crippen LogP contribution in [0.1, 0.15) is 0 Å². The van der Waals surface area contributed by atoms with Gasteiger partial charge in [0.15, 0.2) is 11.0 Å². The standard InChI is InChI=1S/C8H7N5/c1-2-12-13-8-6-5(1)3-9-7(6)10-4-11-8/h1,3-4,12H,2H2,(H,10,11,13). The fourth-order valence-electron chi connectivity index (χ4n) is 1.48. The van der Waals surface area contributed by atoms with E-state index in [1.165, 1.54) is 0 Å².